The Hall–Kier alpha value is -2.51. The van der Waals surface area contributed by atoms with E-state index in [1.165, 1.54) is 0 Å². The van der Waals surface area contributed by atoms with Crippen molar-refractivity contribution in [1.29, 1.82) is 5.26 Å². The van der Waals surface area contributed by atoms with E-state index < -0.39 is 0 Å². The summed E-state index contributed by atoms with van der Waals surface area (Å²) >= 11 is 5.95. The van der Waals surface area contributed by atoms with Crippen molar-refractivity contribution in [3.05, 3.63) is 58.6 Å². The van der Waals surface area contributed by atoms with Crippen molar-refractivity contribution in [1.82, 2.24) is 0 Å². The number of hydrogen-bond acceptors (Lipinski definition) is 3. The predicted molar refractivity (Wildman–Crippen MR) is 89.1 cm³/mol. The molecule has 5 heteroatoms. The average Bonchev–Trinajstić information content (AvgIpc) is 2.51. The van der Waals surface area contributed by atoms with E-state index in [9.17, 15) is 4.79 Å². The number of hydrogen-bond donors (Lipinski definition) is 2. The van der Waals surface area contributed by atoms with Crippen LogP contribution in [0.5, 0.6) is 0 Å². The molecule has 0 bridgehead atoms. The Morgan fingerprint density at radius 2 is 2.09 bits per heavy atom. The smallest absolute Gasteiger partial charge is 0.226 e. The zero-order valence-corrected chi connectivity index (χ0v) is 12.9. The number of rotatable bonds is 5. The summed E-state index contributed by atoms with van der Waals surface area (Å²) in [5.41, 5.74) is 3.15. The predicted octanol–water partition coefficient (Wildman–Crippen LogP) is 3.96. The van der Waals surface area contributed by atoms with E-state index in [0.717, 1.165) is 11.3 Å². The summed E-state index contributed by atoms with van der Waals surface area (Å²) in [4.78, 5) is 11.9. The molecule has 2 aromatic carbocycles. The fraction of sp³-hybridized carbons (Fsp3) is 0.176. The van der Waals surface area contributed by atoms with Gasteiger partial charge in [-0.25, -0.2) is 0 Å². The minimum Gasteiger partial charge on any atom is -0.384 e. The lowest BCUT2D eigenvalue weighted by molar-refractivity contribution is -0.115. The Bertz CT molecular complexity index is 722. The molecule has 0 aliphatic heterocycles. The van der Waals surface area contributed by atoms with Crippen molar-refractivity contribution < 1.29 is 4.79 Å². The van der Waals surface area contributed by atoms with Crippen LogP contribution in [0.15, 0.2) is 42.5 Å². The Balaban J connectivity index is 1.85. The zero-order chi connectivity index (χ0) is 15.9. The maximum atomic E-state index is 11.9. The van der Waals surface area contributed by atoms with Gasteiger partial charge >= 0.3 is 0 Å². The van der Waals surface area contributed by atoms with E-state index in [-0.39, 0.29) is 5.91 Å². The lowest BCUT2D eigenvalue weighted by Gasteiger charge is -2.10. The third-order valence-corrected chi connectivity index (χ3v) is 3.38. The second kappa shape index (κ2) is 7.48. The third kappa shape index (κ3) is 4.51. The summed E-state index contributed by atoms with van der Waals surface area (Å²) in [6.07, 6.45) is 0.322. The number of carbonyl (C=O) groups is 1. The minimum absolute atomic E-state index is 0.109. The SMILES string of the molecule is Cc1ccc(Cl)cc1NCCC(=O)Nc1cccc(C#N)c1. The highest BCUT2D eigenvalue weighted by Gasteiger charge is 2.04. The summed E-state index contributed by atoms with van der Waals surface area (Å²) in [5, 5.41) is 15.5. The van der Waals surface area contributed by atoms with Gasteiger partial charge in [0.25, 0.3) is 0 Å². The van der Waals surface area contributed by atoms with Gasteiger partial charge < -0.3 is 10.6 Å². The van der Waals surface area contributed by atoms with Gasteiger partial charge in [-0.1, -0.05) is 23.7 Å². The fourth-order valence-electron chi connectivity index (χ4n) is 1.99. The second-order valence-electron chi connectivity index (χ2n) is 4.88. The first-order valence-corrected chi connectivity index (χ1v) is 7.26. The number of carbonyl (C=O) groups excluding carboxylic acids is 1. The molecule has 0 heterocycles. The van der Waals surface area contributed by atoms with Crippen molar-refractivity contribution in [2.24, 2.45) is 0 Å². The highest BCUT2D eigenvalue weighted by atomic mass is 35.5. The van der Waals surface area contributed by atoms with Crippen molar-refractivity contribution in [3.8, 4) is 6.07 Å². The van der Waals surface area contributed by atoms with E-state index in [1.807, 2.05) is 31.2 Å². The van der Waals surface area contributed by atoms with Gasteiger partial charge in [-0.3, -0.25) is 4.79 Å². The molecule has 22 heavy (non-hydrogen) atoms. The van der Waals surface area contributed by atoms with Crippen LogP contribution in [0.25, 0.3) is 0 Å². The number of benzene rings is 2. The van der Waals surface area contributed by atoms with Gasteiger partial charge in [-0.2, -0.15) is 5.26 Å². The van der Waals surface area contributed by atoms with E-state index in [0.29, 0.717) is 29.2 Å². The Morgan fingerprint density at radius 3 is 2.86 bits per heavy atom. The first-order valence-electron chi connectivity index (χ1n) is 6.88. The van der Waals surface area contributed by atoms with Gasteiger partial charge in [0.05, 0.1) is 11.6 Å². The lowest BCUT2D eigenvalue weighted by Crippen LogP contribution is -2.16. The highest BCUT2D eigenvalue weighted by Crippen LogP contribution is 2.20. The monoisotopic (exact) mass is 313 g/mol. The molecule has 0 saturated carbocycles. The van der Waals surface area contributed by atoms with Crippen molar-refractivity contribution in [2.75, 3.05) is 17.2 Å². The Morgan fingerprint density at radius 1 is 1.27 bits per heavy atom. The summed E-state index contributed by atoms with van der Waals surface area (Å²) in [5.74, 6) is -0.109. The second-order valence-corrected chi connectivity index (χ2v) is 5.31. The van der Waals surface area contributed by atoms with E-state index >= 15 is 0 Å². The lowest BCUT2D eigenvalue weighted by atomic mass is 10.2. The highest BCUT2D eigenvalue weighted by molar-refractivity contribution is 6.30. The molecule has 112 valence electrons. The van der Waals surface area contributed by atoms with E-state index in [2.05, 4.69) is 10.6 Å². The molecule has 2 rings (SSSR count). The molecule has 0 aliphatic rings. The maximum Gasteiger partial charge on any atom is 0.226 e. The molecule has 0 spiro atoms. The molecule has 4 nitrogen and oxygen atoms in total. The van der Waals surface area contributed by atoms with Crippen LogP contribution in [-0.4, -0.2) is 12.5 Å². The standard InChI is InChI=1S/C17H16ClN3O/c1-12-5-6-14(18)10-16(12)20-8-7-17(22)21-15-4-2-3-13(9-15)11-19/h2-6,9-10,20H,7-8H2,1H3,(H,21,22). The molecule has 0 atom stereocenters. The molecule has 0 aromatic heterocycles. The number of nitrogens with zero attached hydrogens (tertiary/aromatic N) is 1. The van der Waals surface area contributed by atoms with Crippen LogP contribution < -0.4 is 10.6 Å². The number of nitrogens with one attached hydrogen (secondary N) is 2. The van der Waals surface area contributed by atoms with Gasteiger partial charge in [0.2, 0.25) is 5.91 Å². The fourth-order valence-corrected chi connectivity index (χ4v) is 2.16. The summed E-state index contributed by atoms with van der Waals surface area (Å²) < 4.78 is 0. The first-order chi connectivity index (χ1) is 10.6. The molecule has 0 aliphatic carbocycles. The van der Waals surface area contributed by atoms with Crippen LogP contribution in [0, 0.1) is 18.3 Å². The van der Waals surface area contributed by atoms with Crippen LogP contribution >= 0.6 is 11.6 Å². The number of nitriles is 1. The van der Waals surface area contributed by atoms with Crippen molar-refractivity contribution >= 4 is 28.9 Å². The number of aryl methyl sites for hydroxylation is 1. The Kier molecular flexibility index (Phi) is 5.40. The van der Waals surface area contributed by atoms with Gasteiger partial charge in [0.1, 0.15) is 0 Å². The van der Waals surface area contributed by atoms with E-state index in [4.69, 9.17) is 16.9 Å². The molecule has 0 saturated heterocycles. The molecular formula is C17H16ClN3O. The van der Waals surface area contributed by atoms with E-state index in [1.54, 1.807) is 24.3 Å². The number of anilines is 2. The van der Waals surface area contributed by atoms with Crippen LogP contribution in [0.4, 0.5) is 11.4 Å². The molecule has 0 unspecified atom stereocenters. The van der Waals surface area contributed by atoms with Crippen LogP contribution in [0.1, 0.15) is 17.5 Å². The van der Waals surface area contributed by atoms with Gasteiger partial charge in [0, 0.05) is 29.4 Å². The molecule has 1 amide bonds. The van der Waals surface area contributed by atoms with Gasteiger partial charge in [-0.05, 0) is 42.8 Å². The van der Waals surface area contributed by atoms with Gasteiger partial charge in [-0.15, -0.1) is 0 Å². The number of halogens is 1. The Labute approximate surface area is 134 Å². The maximum absolute atomic E-state index is 11.9. The van der Waals surface area contributed by atoms with Crippen LogP contribution in [0.2, 0.25) is 5.02 Å². The molecule has 2 N–H and O–H groups in total. The molecular weight excluding hydrogens is 298 g/mol. The average molecular weight is 314 g/mol. The molecule has 2 aromatic rings. The number of amides is 1. The zero-order valence-electron chi connectivity index (χ0n) is 12.2. The topological polar surface area (TPSA) is 64.9 Å². The molecule has 0 fully saturated rings. The minimum atomic E-state index is -0.109. The molecule has 0 radical (unpaired) electrons. The van der Waals surface area contributed by atoms with Crippen LogP contribution in [-0.2, 0) is 4.79 Å². The largest absolute Gasteiger partial charge is 0.384 e. The van der Waals surface area contributed by atoms with Crippen LogP contribution in [0.3, 0.4) is 0 Å². The normalized spacial score (nSPS) is 9.86. The van der Waals surface area contributed by atoms with Gasteiger partial charge in [0.15, 0.2) is 0 Å². The first kappa shape index (κ1) is 15.9. The summed E-state index contributed by atoms with van der Waals surface area (Å²) in [6, 6.07) is 14.5. The third-order valence-electron chi connectivity index (χ3n) is 3.14. The van der Waals surface area contributed by atoms with Crippen molar-refractivity contribution in [3.63, 3.8) is 0 Å². The van der Waals surface area contributed by atoms with Crippen molar-refractivity contribution in [2.45, 2.75) is 13.3 Å². The summed E-state index contributed by atoms with van der Waals surface area (Å²) in [7, 11) is 0. The quantitative estimate of drug-likeness (QED) is 0.878. The summed E-state index contributed by atoms with van der Waals surface area (Å²) in [6.45, 7) is 2.48.